The highest BCUT2D eigenvalue weighted by molar-refractivity contribution is 5.68. The van der Waals surface area contributed by atoms with Gasteiger partial charge in [0.2, 0.25) is 0 Å². The van der Waals surface area contributed by atoms with E-state index in [0.29, 0.717) is 19.0 Å². The molecule has 0 spiro atoms. The smallest absolute Gasteiger partial charge is 0.133 e. The fraction of sp³-hybridized carbons (Fsp3) is 0.375. The van der Waals surface area contributed by atoms with Crippen molar-refractivity contribution >= 4 is 5.82 Å². The molecule has 0 bridgehead atoms. The summed E-state index contributed by atoms with van der Waals surface area (Å²) in [6.07, 6.45) is 0. The van der Waals surface area contributed by atoms with E-state index < -0.39 is 0 Å². The number of methoxy groups -OCH3 is 1. The molecular weight excluding hydrogens is 266 g/mol. The van der Waals surface area contributed by atoms with E-state index >= 15 is 0 Å². The molecule has 0 aliphatic rings. The Balaban J connectivity index is 2.37. The van der Waals surface area contributed by atoms with Crippen molar-refractivity contribution in [3.8, 4) is 17.0 Å². The summed E-state index contributed by atoms with van der Waals surface area (Å²) in [5.41, 5.74) is 7.58. The first-order valence-corrected chi connectivity index (χ1v) is 6.97. The van der Waals surface area contributed by atoms with Crippen molar-refractivity contribution < 1.29 is 9.47 Å². The number of hydrogen-bond donors (Lipinski definition) is 1. The Bertz CT molecular complexity index is 600. The SMILES string of the molecule is COCCOc1ccccc1-c1cc(N)nc(C(C)C)n1. The maximum absolute atomic E-state index is 5.89. The molecule has 0 radical (unpaired) electrons. The number of nitrogens with zero attached hydrogens (tertiary/aromatic N) is 2. The van der Waals surface area contributed by atoms with Gasteiger partial charge < -0.3 is 15.2 Å². The molecule has 0 fully saturated rings. The minimum Gasteiger partial charge on any atom is -0.490 e. The van der Waals surface area contributed by atoms with Crippen molar-refractivity contribution in [1.29, 1.82) is 0 Å². The average Bonchev–Trinajstić information content (AvgIpc) is 2.47. The van der Waals surface area contributed by atoms with Crippen molar-refractivity contribution in [2.45, 2.75) is 19.8 Å². The summed E-state index contributed by atoms with van der Waals surface area (Å²) in [6, 6.07) is 9.53. The first kappa shape index (κ1) is 15.3. The summed E-state index contributed by atoms with van der Waals surface area (Å²) in [7, 11) is 1.65. The van der Waals surface area contributed by atoms with E-state index in [1.165, 1.54) is 0 Å². The Labute approximate surface area is 125 Å². The van der Waals surface area contributed by atoms with E-state index in [0.717, 1.165) is 22.8 Å². The van der Waals surface area contributed by atoms with Crippen LogP contribution in [0.5, 0.6) is 5.75 Å². The predicted molar refractivity (Wildman–Crippen MR) is 83.3 cm³/mol. The lowest BCUT2D eigenvalue weighted by molar-refractivity contribution is 0.146. The quantitative estimate of drug-likeness (QED) is 0.827. The molecule has 5 nitrogen and oxygen atoms in total. The van der Waals surface area contributed by atoms with Gasteiger partial charge in [0.15, 0.2) is 0 Å². The first-order valence-electron chi connectivity index (χ1n) is 6.97. The third kappa shape index (κ3) is 3.92. The largest absolute Gasteiger partial charge is 0.490 e. The Morgan fingerprint density at radius 2 is 1.90 bits per heavy atom. The van der Waals surface area contributed by atoms with Crippen LogP contribution in [0.1, 0.15) is 25.6 Å². The Morgan fingerprint density at radius 3 is 2.62 bits per heavy atom. The fourth-order valence-electron chi connectivity index (χ4n) is 1.92. The van der Waals surface area contributed by atoms with Crippen molar-refractivity contribution in [2.75, 3.05) is 26.1 Å². The topological polar surface area (TPSA) is 70.3 Å². The van der Waals surface area contributed by atoms with Crippen LogP contribution in [0.4, 0.5) is 5.82 Å². The van der Waals surface area contributed by atoms with Crippen molar-refractivity contribution in [2.24, 2.45) is 0 Å². The summed E-state index contributed by atoms with van der Waals surface area (Å²) < 4.78 is 10.8. The Kier molecular flexibility index (Phi) is 5.11. The number of rotatable bonds is 6. The van der Waals surface area contributed by atoms with Crippen molar-refractivity contribution in [3.05, 3.63) is 36.2 Å². The van der Waals surface area contributed by atoms with Gasteiger partial charge in [-0.15, -0.1) is 0 Å². The monoisotopic (exact) mass is 287 g/mol. The number of nitrogens with two attached hydrogens (primary N) is 1. The molecule has 2 N–H and O–H groups in total. The van der Waals surface area contributed by atoms with Gasteiger partial charge >= 0.3 is 0 Å². The van der Waals surface area contributed by atoms with Crippen LogP contribution in [-0.2, 0) is 4.74 Å². The number of hydrogen-bond acceptors (Lipinski definition) is 5. The lowest BCUT2D eigenvalue weighted by Gasteiger charge is -2.12. The zero-order chi connectivity index (χ0) is 15.2. The predicted octanol–water partition coefficient (Wildman–Crippen LogP) is 2.87. The maximum atomic E-state index is 5.89. The van der Waals surface area contributed by atoms with Crippen LogP contribution in [0, 0.1) is 0 Å². The molecule has 1 heterocycles. The summed E-state index contributed by atoms with van der Waals surface area (Å²) in [5, 5.41) is 0. The number of ether oxygens (including phenoxy) is 2. The highest BCUT2D eigenvalue weighted by Gasteiger charge is 2.12. The van der Waals surface area contributed by atoms with Crippen molar-refractivity contribution in [3.63, 3.8) is 0 Å². The van der Waals surface area contributed by atoms with Crippen molar-refractivity contribution in [1.82, 2.24) is 9.97 Å². The van der Waals surface area contributed by atoms with Crippen LogP contribution < -0.4 is 10.5 Å². The molecule has 0 amide bonds. The average molecular weight is 287 g/mol. The minimum atomic E-state index is 0.217. The van der Waals surface area contributed by atoms with Gasteiger partial charge in [0.05, 0.1) is 12.3 Å². The molecule has 0 atom stereocenters. The van der Waals surface area contributed by atoms with E-state index in [-0.39, 0.29) is 5.92 Å². The minimum absolute atomic E-state index is 0.217. The second-order valence-electron chi connectivity index (χ2n) is 5.03. The first-order chi connectivity index (χ1) is 10.1. The van der Waals surface area contributed by atoms with E-state index in [2.05, 4.69) is 9.97 Å². The molecule has 0 unspecified atom stereocenters. The lowest BCUT2D eigenvalue weighted by Crippen LogP contribution is -2.06. The van der Waals surface area contributed by atoms with E-state index in [1.54, 1.807) is 13.2 Å². The highest BCUT2D eigenvalue weighted by Crippen LogP contribution is 2.30. The molecule has 0 aliphatic heterocycles. The molecule has 0 saturated carbocycles. The van der Waals surface area contributed by atoms with Crippen LogP contribution >= 0.6 is 0 Å². The zero-order valence-corrected chi connectivity index (χ0v) is 12.7. The maximum Gasteiger partial charge on any atom is 0.133 e. The van der Waals surface area contributed by atoms with E-state index in [9.17, 15) is 0 Å². The Morgan fingerprint density at radius 1 is 1.14 bits per heavy atom. The van der Waals surface area contributed by atoms with Gasteiger partial charge in [0, 0.05) is 24.7 Å². The van der Waals surface area contributed by atoms with Gasteiger partial charge in [0.25, 0.3) is 0 Å². The third-order valence-electron chi connectivity index (χ3n) is 2.99. The standard InChI is InChI=1S/C16H21N3O2/c1-11(2)16-18-13(10-15(17)19-16)12-6-4-5-7-14(12)21-9-8-20-3/h4-7,10-11H,8-9H2,1-3H3,(H2,17,18,19). The molecular formula is C16H21N3O2. The molecule has 1 aromatic heterocycles. The summed E-state index contributed by atoms with van der Waals surface area (Å²) in [4.78, 5) is 8.86. The highest BCUT2D eigenvalue weighted by atomic mass is 16.5. The molecule has 1 aromatic carbocycles. The molecule has 5 heteroatoms. The summed E-state index contributed by atoms with van der Waals surface area (Å²) in [6.45, 7) is 5.11. The van der Waals surface area contributed by atoms with Crippen LogP contribution in [-0.4, -0.2) is 30.3 Å². The summed E-state index contributed by atoms with van der Waals surface area (Å²) >= 11 is 0. The Hall–Kier alpha value is -2.14. The molecule has 0 saturated heterocycles. The van der Waals surface area contributed by atoms with Crippen LogP contribution in [0.25, 0.3) is 11.3 Å². The van der Waals surface area contributed by atoms with Gasteiger partial charge in [-0.05, 0) is 12.1 Å². The number of benzene rings is 1. The third-order valence-corrected chi connectivity index (χ3v) is 2.99. The summed E-state index contributed by atoms with van der Waals surface area (Å²) in [5.74, 6) is 2.18. The molecule has 21 heavy (non-hydrogen) atoms. The molecule has 2 rings (SSSR count). The van der Waals surface area contributed by atoms with Gasteiger partial charge in [0.1, 0.15) is 24.0 Å². The van der Waals surface area contributed by atoms with E-state index in [1.807, 2.05) is 38.1 Å². The number of aromatic nitrogens is 2. The van der Waals surface area contributed by atoms with Gasteiger partial charge in [-0.25, -0.2) is 9.97 Å². The number of para-hydroxylation sites is 1. The lowest BCUT2D eigenvalue weighted by atomic mass is 10.1. The molecule has 0 aliphatic carbocycles. The number of nitrogen functional groups attached to an aromatic ring is 1. The van der Waals surface area contributed by atoms with E-state index in [4.69, 9.17) is 15.2 Å². The van der Waals surface area contributed by atoms with Gasteiger partial charge in [-0.2, -0.15) is 0 Å². The zero-order valence-electron chi connectivity index (χ0n) is 12.7. The van der Waals surface area contributed by atoms with Crippen LogP contribution in [0.15, 0.2) is 30.3 Å². The second-order valence-corrected chi connectivity index (χ2v) is 5.03. The fourth-order valence-corrected chi connectivity index (χ4v) is 1.92. The molecule has 112 valence electrons. The number of anilines is 1. The normalized spacial score (nSPS) is 10.9. The molecule has 2 aromatic rings. The second kappa shape index (κ2) is 7.04. The van der Waals surface area contributed by atoms with Gasteiger partial charge in [-0.3, -0.25) is 0 Å². The van der Waals surface area contributed by atoms with Crippen LogP contribution in [0.2, 0.25) is 0 Å². The van der Waals surface area contributed by atoms with Crippen LogP contribution in [0.3, 0.4) is 0 Å². The van der Waals surface area contributed by atoms with Gasteiger partial charge in [-0.1, -0.05) is 26.0 Å².